The quantitative estimate of drug-likeness (QED) is 0.781. The van der Waals surface area contributed by atoms with Crippen molar-refractivity contribution < 1.29 is 9.18 Å². The van der Waals surface area contributed by atoms with Gasteiger partial charge < -0.3 is 10.3 Å². The highest BCUT2D eigenvalue weighted by atomic mass is 19.1. The molecular weight excluding hydrogens is 297 g/mol. The van der Waals surface area contributed by atoms with Gasteiger partial charge in [0.15, 0.2) is 0 Å². The molecule has 3 aromatic rings. The van der Waals surface area contributed by atoms with Crippen molar-refractivity contribution in [2.24, 2.45) is 0 Å². The Labute approximate surface area is 130 Å². The maximum absolute atomic E-state index is 13.6. The van der Waals surface area contributed by atoms with Crippen molar-refractivity contribution >= 4 is 11.6 Å². The summed E-state index contributed by atoms with van der Waals surface area (Å²) < 4.78 is 13.6. The van der Waals surface area contributed by atoms with Gasteiger partial charge in [-0.05, 0) is 18.2 Å². The average Bonchev–Trinajstić information content (AvgIpc) is 2.57. The van der Waals surface area contributed by atoms with Crippen LogP contribution in [0.4, 0.5) is 10.1 Å². The van der Waals surface area contributed by atoms with E-state index in [1.807, 2.05) is 6.07 Å². The van der Waals surface area contributed by atoms with Gasteiger partial charge in [0.05, 0.1) is 11.4 Å². The number of hydrogen-bond donors (Lipinski definition) is 2. The SMILES string of the molecule is O=C(Nc1ccccc1F)c1cc(-c2ccccc2)nc(=O)[nH]1. The Bertz CT molecular complexity index is 907. The van der Waals surface area contributed by atoms with Crippen LogP contribution >= 0.6 is 0 Å². The summed E-state index contributed by atoms with van der Waals surface area (Å²) in [5.41, 5.74) is 0.472. The van der Waals surface area contributed by atoms with E-state index in [2.05, 4.69) is 15.3 Å². The minimum atomic E-state index is -0.648. The molecule has 2 aromatic carbocycles. The molecule has 0 aliphatic rings. The first kappa shape index (κ1) is 14.6. The lowest BCUT2D eigenvalue weighted by molar-refractivity contribution is 0.102. The number of aromatic amines is 1. The summed E-state index contributed by atoms with van der Waals surface area (Å²) in [7, 11) is 0. The molecule has 0 radical (unpaired) electrons. The number of nitrogens with zero attached hydrogens (tertiary/aromatic N) is 1. The van der Waals surface area contributed by atoms with Crippen molar-refractivity contribution in [1.29, 1.82) is 0 Å². The number of carbonyl (C=O) groups excluding carboxylic acids is 1. The van der Waals surface area contributed by atoms with E-state index in [-0.39, 0.29) is 11.4 Å². The number of para-hydroxylation sites is 1. The number of H-pyrrole nitrogens is 1. The van der Waals surface area contributed by atoms with Crippen LogP contribution in [0.2, 0.25) is 0 Å². The number of halogens is 1. The van der Waals surface area contributed by atoms with Crippen LogP contribution in [0, 0.1) is 5.82 Å². The molecule has 1 aromatic heterocycles. The van der Waals surface area contributed by atoms with Crippen LogP contribution in [-0.4, -0.2) is 15.9 Å². The van der Waals surface area contributed by atoms with Gasteiger partial charge in [-0.15, -0.1) is 0 Å². The average molecular weight is 309 g/mol. The van der Waals surface area contributed by atoms with Gasteiger partial charge in [0, 0.05) is 5.56 Å². The minimum Gasteiger partial charge on any atom is -0.318 e. The summed E-state index contributed by atoms with van der Waals surface area (Å²) in [6.45, 7) is 0. The number of anilines is 1. The third-order valence-electron chi connectivity index (χ3n) is 3.18. The predicted molar refractivity (Wildman–Crippen MR) is 84.6 cm³/mol. The zero-order valence-corrected chi connectivity index (χ0v) is 11.9. The van der Waals surface area contributed by atoms with Crippen LogP contribution in [0.15, 0.2) is 65.5 Å². The lowest BCUT2D eigenvalue weighted by Gasteiger charge is -2.07. The van der Waals surface area contributed by atoms with Crippen molar-refractivity contribution in [2.45, 2.75) is 0 Å². The Morgan fingerprint density at radius 3 is 2.48 bits per heavy atom. The summed E-state index contributed by atoms with van der Waals surface area (Å²) in [6, 6.07) is 16.2. The van der Waals surface area contributed by atoms with E-state index in [9.17, 15) is 14.0 Å². The number of aromatic nitrogens is 2. The Balaban J connectivity index is 1.94. The maximum atomic E-state index is 13.6. The molecule has 2 N–H and O–H groups in total. The molecule has 5 nitrogen and oxygen atoms in total. The Morgan fingerprint density at radius 2 is 1.74 bits per heavy atom. The molecule has 0 bridgehead atoms. The van der Waals surface area contributed by atoms with E-state index in [1.165, 1.54) is 24.3 Å². The number of rotatable bonds is 3. The largest absolute Gasteiger partial charge is 0.346 e. The molecular formula is C17H12FN3O2. The van der Waals surface area contributed by atoms with E-state index in [4.69, 9.17) is 0 Å². The summed E-state index contributed by atoms with van der Waals surface area (Å²) >= 11 is 0. The first-order valence-corrected chi connectivity index (χ1v) is 6.86. The van der Waals surface area contributed by atoms with Gasteiger partial charge in [-0.3, -0.25) is 4.79 Å². The molecule has 6 heteroatoms. The first-order valence-electron chi connectivity index (χ1n) is 6.86. The summed E-state index contributed by atoms with van der Waals surface area (Å²) in [5.74, 6) is -1.17. The first-order chi connectivity index (χ1) is 11.1. The maximum Gasteiger partial charge on any atom is 0.346 e. The third-order valence-corrected chi connectivity index (χ3v) is 3.18. The molecule has 0 aliphatic carbocycles. The fourth-order valence-electron chi connectivity index (χ4n) is 2.09. The van der Waals surface area contributed by atoms with Gasteiger partial charge in [0.1, 0.15) is 11.5 Å². The van der Waals surface area contributed by atoms with Gasteiger partial charge in [0.2, 0.25) is 0 Å². The number of benzene rings is 2. The lowest BCUT2D eigenvalue weighted by Crippen LogP contribution is -2.21. The highest BCUT2D eigenvalue weighted by Crippen LogP contribution is 2.17. The molecule has 0 atom stereocenters. The summed E-state index contributed by atoms with van der Waals surface area (Å²) in [4.78, 5) is 30.1. The van der Waals surface area contributed by atoms with Crippen LogP contribution < -0.4 is 11.0 Å². The zero-order valence-electron chi connectivity index (χ0n) is 11.9. The van der Waals surface area contributed by atoms with Gasteiger partial charge in [-0.1, -0.05) is 42.5 Å². The Kier molecular flexibility index (Phi) is 3.97. The molecule has 1 heterocycles. The van der Waals surface area contributed by atoms with Crippen LogP contribution in [0.5, 0.6) is 0 Å². The van der Waals surface area contributed by atoms with Crippen LogP contribution in [0.3, 0.4) is 0 Å². The highest BCUT2D eigenvalue weighted by molar-refractivity contribution is 6.03. The number of amides is 1. The Morgan fingerprint density at radius 1 is 1.04 bits per heavy atom. The zero-order chi connectivity index (χ0) is 16.2. The van der Waals surface area contributed by atoms with Gasteiger partial charge in [-0.2, -0.15) is 4.98 Å². The lowest BCUT2D eigenvalue weighted by atomic mass is 10.1. The fourth-order valence-corrected chi connectivity index (χ4v) is 2.09. The second-order valence-corrected chi connectivity index (χ2v) is 4.79. The van der Waals surface area contributed by atoms with E-state index in [1.54, 1.807) is 30.3 Å². The third kappa shape index (κ3) is 3.32. The molecule has 1 amide bonds. The monoisotopic (exact) mass is 309 g/mol. The number of hydrogen-bond acceptors (Lipinski definition) is 3. The molecule has 0 saturated carbocycles. The number of nitrogens with one attached hydrogen (secondary N) is 2. The van der Waals surface area contributed by atoms with E-state index < -0.39 is 17.4 Å². The van der Waals surface area contributed by atoms with Crippen molar-refractivity contribution in [3.8, 4) is 11.3 Å². The van der Waals surface area contributed by atoms with Crippen LogP contribution in [0.25, 0.3) is 11.3 Å². The molecule has 0 spiro atoms. The molecule has 0 unspecified atom stereocenters. The smallest absolute Gasteiger partial charge is 0.318 e. The fraction of sp³-hybridized carbons (Fsp3) is 0. The van der Waals surface area contributed by atoms with Gasteiger partial charge >= 0.3 is 5.69 Å². The van der Waals surface area contributed by atoms with Crippen LogP contribution in [-0.2, 0) is 0 Å². The highest BCUT2D eigenvalue weighted by Gasteiger charge is 2.12. The van der Waals surface area contributed by atoms with E-state index in [0.29, 0.717) is 11.3 Å². The number of carbonyl (C=O) groups is 1. The minimum absolute atomic E-state index is 0.00658. The molecule has 0 aliphatic heterocycles. The topological polar surface area (TPSA) is 74.8 Å². The van der Waals surface area contributed by atoms with Crippen molar-refractivity contribution in [1.82, 2.24) is 9.97 Å². The molecule has 23 heavy (non-hydrogen) atoms. The molecule has 0 fully saturated rings. The Hall–Kier alpha value is -3.28. The standard InChI is InChI=1S/C17H12FN3O2/c18-12-8-4-5-9-13(12)19-16(22)15-10-14(20-17(23)21-15)11-6-2-1-3-7-11/h1-10H,(H,19,22)(H,20,21,23). The second kappa shape index (κ2) is 6.23. The van der Waals surface area contributed by atoms with Crippen molar-refractivity contribution in [2.75, 3.05) is 5.32 Å². The summed E-state index contributed by atoms with van der Waals surface area (Å²) in [6.07, 6.45) is 0. The van der Waals surface area contributed by atoms with Gasteiger partial charge in [-0.25, -0.2) is 9.18 Å². The van der Waals surface area contributed by atoms with E-state index in [0.717, 1.165) is 0 Å². The van der Waals surface area contributed by atoms with Crippen molar-refractivity contribution in [3.63, 3.8) is 0 Å². The normalized spacial score (nSPS) is 10.3. The van der Waals surface area contributed by atoms with Crippen LogP contribution in [0.1, 0.15) is 10.5 Å². The molecule has 3 rings (SSSR count). The predicted octanol–water partition coefficient (Wildman–Crippen LogP) is 2.83. The molecule has 114 valence electrons. The van der Waals surface area contributed by atoms with Crippen molar-refractivity contribution in [3.05, 3.63) is 82.7 Å². The summed E-state index contributed by atoms with van der Waals surface area (Å²) in [5, 5.41) is 2.42. The molecule has 0 saturated heterocycles. The second-order valence-electron chi connectivity index (χ2n) is 4.79. The van der Waals surface area contributed by atoms with Gasteiger partial charge in [0.25, 0.3) is 5.91 Å². The van der Waals surface area contributed by atoms with E-state index >= 15 is 0 Å².